The maximum absolute atomic E-state index is 11.7. The zero-order chi connectivity index (χ0) is 14.7. The third-order valence-corrected chi connectivity index (χ3v) is 3.17. The van der Waals surface area contributed by atoms with Crippen LogP contribution in [0.1, 0.15) is 5.76 Å². The van der Waals surface area contributed by atoms with Crippen LogP contribution in [0.5, 0.6) is 5.75 Å². The molecular formula is C16H14N2O3. The summed E-state index contributed by atoms with van der Waals surface area (Å²) < 4.78 is 12.2. The molecule has 0 fully saturated rings. The zero-order valence-corrected chi connectivity index (χ0v) is 11.5. The highest BCUT2D eigenvalue weighted by molar-refractivity contribution is 5.66. The van der Waals surface area contributed by atoms with Gasteiger partial charge in [0.25, 0.3) is 5.56 Å². The standard InChI is InChI=1S/C16H14N2O3/c1-20-15-7-3-2-6-13(15)14-10-12(21-17-14)11-18-9-5-4-8-16(18)19/h2-10H,11H2,1H3. The third kappa shape index (κ3) is 2.72. The molecule has 3 rings (SSSR count). The van der Waals surface area contributed by atoms with Crippen molar-refractivity contribution in [3.63, 3.8) is 0 Å². The highest BCUT2D eigenvalue weighted by Crippen LogP contribution is 2.28. The molecular weight excluding hydrogens is 268 g/mol. The van der Waals surface area contributed by atoms with Crippen LogP contribution >= 0.6 is 0 Å². The maximum Gasteiger partial charge on any atom is 0.250 e. The van der Waals surface area contributed by atoms with Gasteiger partial charge in [-0.25, -0.2) is 0 Å². The van der Waals surface area contributed by atoms with E-state index in [1.54, 1.807) is 30.0 Å². The highest BCUT2D eigenvalue weighted by atomic mass is 16.5. The number of hydrogen-bond donors (Lipinski definition) is 0. The van der Waals surface area contributed by atoms with Gasteiger partial charge in [-0.15, -0.1) is 0 Å². The largest absolute Gasteiger partial charge is 0.496 e. The first kappa shape index (κ1) is 13.2. The van der Waals surface area contributed by atoms with E-state index >= 15 is 0 Å². The van der Waals surface area contributed by atoms with Gasteiger partial charge in [0.2, 0.25) is 0 Å². The van der Waals surface area contributed by atoms with Crippen LogP contribution in [-0.2, 0) is 6.54 Å². The number of methoxy groups -OCH3 is 1. The van der Waals surface area contributed by atoms with Crippen LogP contribution in [0, 0.1) is 0 Å². The number of rotatable bonds is 4. The zero-order valence-electron chi connectivity index (χ0n) is 11.5. The lowest BCUT2D eigenvalue weighted by Gasteiger charge is -2.03. The molecule has 0 N–H and O–H groups in total. The van der Waals surface area contributed by atoms with E-state index in [2.05, 4.69) is 5.16 Å². The molecule has 0 spiro atoms. The molecule has 0 atom stereocenters. The van der Waals surface area contributed by atoms with Gasteiger partial charge in [-0.3, -0.25) is 4.79 Å². The summed E-state index contributed by atoms with van der Waals surface area (Å²) >= 11 is 0. The summed E-state index contributed by atoms with van der Waals surface area (Å²) in [5.41, 5.74) is 1.47. The summed E-state index contributed by atoms with van der Waals surface area (Å²) in [5.74, 6) is 1.35. The Morgan fingerprint density at radius 1 is 1.19 bits per heavy atom. The van der Waals surface area contributed by atoms with Gasteiger partial charge in [0, 0.05) is 23.9 Å². The van der Waals surface area contributed by atoms with Crippen LogP contribution in [0.4, 0.5) is 0 Å². The van der Waals surface area contributed by atoms with Crippen molar-refractivity contribution in [3.05, 3.63) is 70.8 Å². The van der Waals surface area contributed by atoms with Crippen LogP contribution in [0.15, 0.2) is 64.0 Å². The van der Waals surface area contributed by atoms with Crippen LogP contribution in [-0.4, -0.2) is 16.8 Å². The Kier molecular flexibility index (Phi) is 3.55. The molecule has 2 heterocycles. The fraction of sp³-hybridized carbons (Fsp3) is 0.125. The van der Waals surface area contributed by atoms with Gasteiger partial charge in [-0.1, -0.05) is 23.4 Å². The summed E-state index contributed by atoms with van der Waals surface area (Å²) in [6.45, 7) is 0.349. The number of pyridine rings is 1. The predicted molar refractivity (Wildman–Crippen MR) is 78.3 cm³/mol. The van der Waals surface area contributed by atoms with Gasteiger partial charge in [-0.2, -0.15) is 0 Å². The third-order valence-electron chi connectivity index (χ3n) is 3.17. The molecule has 21 heavy (non-hydrogen) atoms. The normalized spacial score (nSPS) is 10.5. The lowest BCUT2D eigenvalue weighted by atomic mass is 10.1. The molecule has 0 saturated heterocycles. The van der Waals surface area contributed by atoms with Gasteiger partial charge in [0.15, 0.2) is 5.76 Å². The SMILES string of the molecule is COc1ccccc1-c1cc(Cn2ccccc2=O)on1. The molecule has 5 nitrogen and oxygen atoms in total. The smallest absolute Gasteiger partial charge is 0.250 e. The molecule has 3 aromatic rings. The van der Waals surface area contributed by atoms with Crippen molar-refractivity contribution in [2.45, 2.75) is 6.54 Å². The molecule has 0 saturated carbocycles. The summed E-state index contributed by atoms with van der Waals surface area (Å²) in [6, 6.07) is 14.4. The molecule has 0 aliphatic carbocycles. The molecule has 5 heteroatoms. The molecule has 0 radical (unpaired) electrons. The Bertz CT molecular complexity index is 805. The van der Waals surface area contributed by atoms with E-state index in [1.807, 2.05) is 30.3 Å². The monoisotopic (exact) mass is 282 g/mol. The average Bonchev–Trinajstić information content (AvgIpc) is 2.98. The average molecular weight is 282 g/mol. The second-order valence-electron chi connectivity index (χ2n) is 4.55. The Balaban J connectivity index is 1.90. The van der Waals surface area contributed by atoms with Crippen molar-refractivity contribution in [2.24, 2.45) is 0 Å². The second-order valence-corrected chi connectivity index (χ2v) is 4.55. The second kappa shape index (κ2) is 5.66. The van der Waals surface area contributed by atoms with Gasteiger partial charge >= 0.3 is 0 Å². The summed E-state index contributed by atoms with van der Waals surface area (Å²) in [6.07, 6.45) is 1.72. The van der Waals surface area contributed by atoms with Crippen molar-refractivity contribution in [1.29, 1.82) is 0 Å². The van der Waals surface area contributed by atoms with E-state index in [0.717, 1.165) is 11.3 Å². The Hall–Kier alpha value is -2.82. The molecule has 0 aliphatic heterocycles. The Labute approximate surface area is 121 Å². The van der Waals surface area contributed by atoms with Crippen molar-refractivity contribution >= 4 is 0 Å². The van der Waals surface area contributed by atoms with E-state index in [0.29, 0.717) is 18.0 Å². The van der Waals surface area contributed by atoms with Gasteiger partial charge in [-0.05, 0) is 18.2 Å². The van der Waals surface area contributed by atoms with Crippen molar-refractivity contribution < 1.29 is 9.26 Å². The minimum absolute atomic E-state index is 0.0762. The summed E-state index contributed by atoms with van der Waals surface area (Å²) in [4.78, 5) is 11.7. The first-order valence-electron chi connectivity index (χ1n) is 6.52. The molecule has 0 amide bonds. The first-order valence-corrected chi connectivity index (χ1v) is 6.52. The van der Waals surface area contributed by atoms with Crippen LogP contribution in [0.25, 0.3) is 11.3 Å². The van der Waals surface area contributed by atoms with Gasteiger partial charge in [0.1, 0.15) is 11.4 Å². The Morgan fingerprint density at radius 3 is 2.81 bits per heavy atom. The quantitative estimate of drug-likeness (QED) is 0.738. The van der Waals surface area contributed by atoms with Gasteiger partial charge < -0.3 is 13.8 Å². The fourth-order valence-corrected chi connectivity index (χ4v) is 2.13. The number of benzene rings is 1. The van der Waals surface area contributed by atoms with Crippen molar-refractivity contribution in [2.75, 3.05) is 7.11 Å². The van der Waals surface area contributed by atoms with E-state index in [4.69, 9.17) is 9.26 Å². The van der Waals surface area contributed by atoms with Gasteiger partial charge in [0.05, 0.1) is 13.7 Å². The topological polar surface area (TPSA) is 57.3 Å². The van der Waals surface area contributed by atoms with Crippen molar-refractivity contribution in [3.8, 4) is 17.0 Å². The van der Waals surface area contributed by atoms with E-state index in [-0.39, 0.29) is 5.56 Å². The number of aromatic nitrogens is 2. The maximum atomic E-state index is 11.7. The molecule has 0 bridgehead atoms. The lowest BCUT2D eigenvalue weighted by molar-refractivity contribution is 0.376. The van der Waals surface area contributed by atoms with Crippen LogP contribution in [0.2, 0.25) is 0 Å². The fourth-order valence-electron chi connectivity index (χ4n) is 2.13. The van der Waals surface area contributed by atoms with E-state index in [1.165, 1.54) is 6.07 Å². The minimum Gasteiger partial charge on any atom is -0.496 e. The van der Waals surface area contributed by atoms with E-state index in [9.17, 15) is 4.79 Å². The number of nitrogens with zero attached hydrogens (tertiary/aromatic N) is 2. The number of ether oxygens (including phenoxy) is 1. The molecule has 106 valence electrons. The summed E-state index contributed by atoms with van der Waals surface area (Å²) in [7, 11) is 1.61. The van der Waals surface area contributed by atoms with Crippen LogP contribution < -0.4 is 10.3 Å². The predicted octanol–water partition coefficient (Wildman–Crippen LogP) is 2.56. The number of hydrogen-bond acceptors (Lipinski definition) is 4. The van der Waals surface area contributed by atoms with E-state index < -0.39 is 0 Å². The lowest BCUT2D eigenvalue weighted by Crippen LogP contribution is -2.17. The molecule has 0 unspecified atom stereocenters. The first-order chi connectivity index (χ1) is 10.3. The minimum atomic E-state index is -0.0762. The highest BCUT2D eigenvalue weighted by Gasteiger charge is 2.11. The van der Waals surface area contributed by atoms with Crippen LogP contribution in [0.3, 0.4) is 0 Å². The molecule has 1 aromatic carbocycles. The summed E-state index contributed by atoms with van der Waals surface area (Å²) in [5, 5.41) is 4.05. The number of para-hydroxylation sites is 1. The Morgan fingerprint density at radius 2 is 2.00 bits per heavy atom. The molecule has 2 aromatic heterocycles. The molecule has 0 aliphatic rings. The van der Waals surface area contributed by atoms with Crippen molar-refractivity contribution in [1.82, 2.24) is 9.72 Å².